The van der Waals surface area contributed by atoms with Gasteiger partial charge in [0.15, 0.2) is 0 Å². The van der Waals surface area contributed by atoms with E-state index in [4.69, 9.17) is 11.6 Å². The Bertz CT molecular complexity index is 1040. The van der Waals surface area contributed by atoms with Gasteiger partial charge >= 0.3 is 0 Å². The van der Waals surface area contributed by atoms with Crippen molar-refractivity contribution in [2.75, 3.05) is 11.9 Å². The van der Waals surface area contributed by atoms with Crippen LogP contribution in [0.25, 0.3) is 10.8 Å². The molecule has 0 fully saturated rings. The molecule has 126 valence electrons. The second-order valence-corrected chi connectivity index (χ2v) is 6.50. The van der Waals surface area contributed by atoms with E-state index in [1.807, 2.05) is 18.2 Å². The standard InChI is InChI=1S/C19H16ClN3O2/c20-16-9-15-12(4-6-22-19(15)25)8-17(16)23-18(24)13-2-1-11-3-5-21-10-14(11)7-13/h1-2,4,6-9,21H,3,5,10H2,(H,22,25)(H,23,24). The maximum Gasteiger partial charge on any atom is 0.255 e. The molecule has 2 aromatic carbocycles. The van der Waals surface area contributed by atoms with Crippen molar-refractivity contribution in [2.24, 2.45) is 0 Å². The lowest BCUT2D eigenvalue weighted by Crippen LogP contribution is -2.24. The van der Waals surface area contributed by atoms with E-state index >= 15 is 0 Å². The molecule has 0 saturated carbocycles. The Labute approximate surface area is 149 Å². The Morgan fingerprint density at radius 3 is 2.88 bits per heavy atom. The lowest BCUT2D eigenvalue weighted by molar-refractivity contribution is 0.102. The lowest BCUT2D eigenvalue weighted by Gasteiger charge is -2.18. The molecule has 0 unspecified atom stereocenters. The van der Waals surface area contributed by atoms with Crippen LogP contribution in [-0.4, -0.2) is 17.4 Å². The Morgan fingerprint density at radius 2 is 2.00 bits per heavy atom. The van der Waals surface area contributed by atoms with Crippen LogP contribution in [0.15, 0.2) is 47.4 Å². The average Bonchev–Trinajstić information content (AvgIpc) is 2.63. The van der Waals surface area contributed by atoms with Gasteiger partial charge in [-0.15, -0.1) is 0 Å². The number of nitrogens with one attached hydrogen (secondary N) is 3. The van der Waals surface area contributed by atoms with Crippen LogP contribution in [-0.2, 0) is 13.0 Å². The van der Waals surface area contributed by atoms with E-state index < -0.39 is 0 Å². The number of fused-ring (bicyclic) bond motifs is 2. The zero-order chi connectivity index (χ0) is 17.4. The molecular weight excluding hydrogens is 338 g/mol. The summed E-state index contributed by atoms with van der Waals surface area (Å²) in [7, 11) is 0. The van der Waals surface area contributed by atoms with Gasteiger partial charge in [0.2, 0.25) is 0 Å². The molecule has 1 aliphatic rings. The quantitative estimate of drug-likeness (QED) is 0.663. The average molecular weight is 354 g/mol. The molecule has 0 radical (unpaired) electrons. The minimum Gasteiger partial charge on any atom is -0.329 e. The van der Waals surface area contributed by atoms with Gasteiger partial charge in [0.1, 0.15) is 0 Å². The first kappa shape index (κ1) is 15.9. The van der Waals surface area contributed by atoms with Gasteiger partial charge in [0.25, 0.3) is 11.5 Å². The van der Waals surface area contributed by atoms with E-state index in [0.717, 1.165) is 30.5 Å². The van der Waals surface area contributed by atoms with E-state index in [1.54, 1.807) is 24.4 Å². The van der Waals surface area contributed by atoms with E-state index in [9.17, 15) is 9.59 Å². The summed E-state index contributed by atoms with van der Waals surface area (Å²) in [4.78, 5) is 27.0. The van der Waals surface area contributed by atoms with Gasteiger partial charge in [-0.25, -0.2) is 0 Å². The topological polar surface area (TPSA) is 74.0 Å². The van der Waals surface area contributed by atoms with Crippen LogP contribution < -0.4 is 16.2 Å². The molecule has 0 spiro atoms. The van der Waals surface area contributed by atoms with Gasteiger partial charge in [0.05, 0.1) is 10.7 Å². The number of amides is 1. The Kier molecular flexibility index (Phi) is 4.03. The molecule has 0 atom stereocenters. The van der Waals surface area contributed by atoms with Crippen LogP contribution >= 0.6 is 11.6 Å². The summed E-state index contributed by atoms with van der Waals surface area (Å²) >= 11 is 6.24. The predicted molar refractivity (Wildman–Crippen MR) is 99.4 cm³/mol. The minimum absolute atomic E-state index is 0.209. The number of pyridine rings is 1. The maximum absolute atomic E-state index is 12.6. The second-order valence-electron chi connectivity index (χ2n) is 6.09. The van der Waals surface area contributed by atoms with Gasteiger partial charge < -0.3 is 15.6 Å². The highest BCUT2D eigenvalue weighted by Gasteiger charge is 2.14. The number of carbonyl (C=O) groups excluding carboxylic acids is 1. The Hall–Kier alpha value is -2.63. The summed E-state index contributed by atoms with van der Waals surface area (Å²) in [6.07, 6.45) is 2.54. The van der Waals surface area contributed by atoms with Gasteiger partial charge in [-0.1, -0.05) is 17.7 Å². The molecule has 1 aromatic heterocycles. The number of aromatic nitrogens is 1. The first-order valence-electron chi connectivity index (χ1n) is 8.06. The van der Waals surface area contributed by atoms with Crippen molar-refractivity contribution in [3.8, 4) is 0 Å². The molecule has 0 saturated heterocycles. The van der Waals surface area contributed by atoms with Crippen molar-refractivity contribution in [2.45, 2.75) is 13.0 Å². The fourth-order valence-corrected chi connectivity index (χ4v) is 3.33. The molecule has 25 heavy (non-hydrogen) atoms. The number of benzene rings is 2. The van der Waals surface area contributed by atoms with Gasteiger partial charge in [-0.3, -0.25) is 9.59 Å². The zero-order valence-corrected chi connectivity index (χ0v) is 14.1. The van der Waals surface area contributed by atoms with Crippen LogP contribution in [0.5, 0.6) is 0 Å². The molecule has 1 aliphatic heterocycles. The third-order valence-corrected chi connectivity index (χ3v) is 4.78. The molecule has 1 amide bonds. The van der Waals surface area contributed by atoms with Crippen molar-refractivity contribution >= 4 is 34.0 Å². The predicted octanol–water partition coefficient (Wildman–Crippen LogP) is 3.08. The van der Waals surface area contributed by atoms with Crippen molar-refractivity contribution in [1.82, 2.24) is 10.3 Å². The summed E-state index contributed by atoms with van der Waals surface area (Å²) in [5.74, 6) is -0.223. The highest BCUT2D eigenvalue weighted by atomic mass is 35.5. The van der Waals surface area contributed by atoms with Crippen molar-refractivity contribution in [3.63, 3.8) is 0 Å². The van der Waals surface area contributed by atoms with Crippen molar-refractivity contribution < 1.29 is 4.79 Å². The van der Waals surface area contributed by atoms with Crippen LogP contribution in [0, 0.1) is 0 Å². The molecule has 0 bridgehead atoms. The molecule has 3 N–H and O–H groups in total. The Morgan fingerprint density at radius 1 is 1.12 bits per heavy atom. The molecule has 3 aromatic rings. The van der Waals surface area contributed by atoms with E-state index in [2.05, 4.69) is 15.6 Å². The first-order valence-corrected chi connectivity index (χ1v) is 8.44. The highest BCUT2D eigenvalue weighted by Crippen LogP contribution is 2.27. The van der Waals surface area contributed by atoms with Crippen molar-refractivity contribution in [1.29, 1.82) is 0 Å². The molecule has 4 rings (SSSR count). The summed E-state index contributed by atoms with van der Waals surface area (Å²) in [6, 6.07) is 10.8. The van der Waals surface area contributed by atoms with Gasteiger partial charge in [-0.05, 0) is 59.8 Å². The maximum atomic E-state index is 12.6. The fourth-order valence-electron chi connectivity index (χ4n) is 3.12. The Balaban J connectivity index is 1.65. The smallest absolute Gasteiger partial charge is 0.255 e. The van der Waals surface area contributed by atoms with Gasteiger partial charge in [-0.2, -0.15) is 0 Å². The first-order chi connectivity index (χ1) is 12.1. The van der Waals surface area contributed by atoms with Crippen molar-refractivity contribution in [3.05, 3.63) is 74.7 Å². The number of H-pyrrole nitrogens is 1. The molecule has 5 nitrogen and oxygen atoms in total. The normalized spacial score (nSPS) is 13.5. The molecule has 0 aliphatic carbocycles. The van der Waals surface area contributed by atoms with E-state index in [1.165, 1.54) is 5.56 Å². The second kappa shape index (κ2) is 6.35. The summed E-state index contributed by atoms with van der Waals surface area (Å²) < 4.78 is 0. The van der Waals surface area contributed by atoms with Crippen LogP contribution in [0.1, 0.15) is 21.5 Å². The number of hydrogen-bond acceptors (Lipinski definition) is 3. The van der Waals surface area contributed by atoms with Gasteiger partial charge in [0, 0.05) is 23.7 Å². The minimum atomic E-state index is -0.223. The van der Waals surface area contributed by atoms with Crippen LogP contribution in [0.3, 0.4) is 0 Å². The van der Waals surface area contributed by atoms with E-state index in [0.29, 0.717) is 21.7 Å². The number of anilines is 1. The fraction of sp³-hybridized carbons (Fsp3) is 0.158. The summed E-state index contributed by atoms with van der Waals surface area (Å²) in [5, 5.41) is 7.69. The lowest BCUT2D eigenvalue weighted by atomic mass is 9.98. The highest BCUT2D eigenvalue weighted by molar-refractivity contribution is 6.34. The summed E-state index contributed by atoms with van der Waals surface area (Å²) in [6.45, 7) is 1.74. The number of carbonyl (C=O) groups is 1. The zero-order valence-electron chi connectivity index (χ0n) is 13.4. The summed E-state index contributed by atoms with van der Waals surface area (Å²) in [5.41, 5.74) is 3.29. The molecular formula is C19H16ClN3O2. The SMILES string of the molecule is O=C(Nc1cc2cc[nH]c(=O)c2cc1Cl)c1ccc2c(c1)CNCC2. The number of rotatable bonds is 2. The number of halogens is 1. The number of hydrogen-bond donors (Lipinski definition) is 3. The van der Waals surface area contributed by atoms with Crippen LogP contribution in [0.4, 0.5) is 5.69 Å². The number of aromatic amines is 1. The molecule has 6 heteroatoms. The largest absolute Gasteiger partial charge is 0.329 e. The van der Waals surface area contributed by atoms with E-state index in [-0.39, 0.29) is 11.5 Å². The van der Waals surface area contributed by atoms with Crippen LogP contribution in [0.2, 0.25) is 5.02 Å². The molecule has 2 heterocycles. The third kappa shape index (κ3) is 3.04. The third-order valence-electron chi connectivity index (χ3n) is 4.46. The monoisotopic (exact) mass is 353 g/mol.